The highest BCUT2D eigenvalue weighted by Crippen LogP contribution is 2.28. The molecule has 9 heteroatoms. The third-order valence-electron chi connectivity index (χ3n) is 5.05. The molecule has 8 nitrogen and oxygen atoms in total. The summed E-state index contributed by atoms with van der Waals surface area (Å²) < 4.78 is 18.1. The van der Waals surface area contributed by atoms with Gasteiger partial charge in [0.1, 0.15) is 23.8 Å². The van der Waals surface area contributed by atoms with Crippen molar-refractivity contribution in [3.8, 4) is 17.2 Å². The minimum Gasteiger partial charge on any atom is -0.497 e. The number of methoxy groups -OCH3 is 1. The van der Waals surface area contributed by atoms with Gasteiger partial charge in [0.15, 0.2) is 0 Å². The van der Waals surface area contributed by atoms with Crippen molar-refractivity contribution >= 4 is 17.3 Å². The Kier molecular flexibility index (Phi) is 7.24. The van der Waals surface area contributed by atoms with Gasteiger partial charge < -0.3 is 19.5 Å². The van der Waals surface area contributed by atoms with Gasteiger partial charge in [-0.15, -0.1) is 5.10 Å². The summed E-state index contributed by atoms with van der Waals surface area (Å²) in [5.74, 6) is 1.49. The molecule has 1 aliphatic heterocycles. The number of halogens is 1. The zero-order valence-corrected chi connectivity index (χ0v) is 18.2. The minimum atomic E-state index is 0.531. The Morgan fingerprint density at radius 3 is 2.68 bits per heavy atom. The lowest BCUT2D eigenvalue weighted by Crippen LogP contribution is -2.38. The molecule has 1 aliphatic rings. The molecule has 2 heterocycles. The van der Waals surface area contributed by atoms with E-state index in [1.807, 2.05) is 48.7 Å². The number of nitrogens with one attached hydrogen (secondary N) is 1. The first-order chi connectivity index (χ1) is 15.2. The maximum Gasteiger partial charge on any atom is 0.138 e. The largest absolute Gasteiger partial charge is 0.497 e. The van der Waals surface area contributed by atoms with E-state index in [1.54, 1.807) is 11.8 Å². The van der Waals surface area contributed by atoms with Crippen molar-refractivity contribution in [1.82, 2.24) is 19.9 Å². The molecule has 0 unspecified atom stereocenters. The van der Waals surface area contributed by atoms with Crippen LogP contribution in [0.2, 0.25) is 5.02 Å². The summed E-state index contributed by atoms with van der Waals surface area (Å²) in [4.78, 5) is 2.33. The molecular weight excluding hydrogens is 418 g/mol. The number of morpholine rings is 1. The van der Waals surface area contributed by atoms with Crippen LogP contribution in [0.5, 0.6) is 11.5 Å². The molecule has 0 saturated carbocycles. The van der Waals surface area contributed by atoms with E-state index in [0.29, 0.717) is 23.9 Å². The maximum atomic E-state index is 6.40. The zero-order valence-electron chi connectivity index (χ0n) is 17.5. The summed E-state index contributed by atoms with van der Waals surface area (Å²) in [5.41, 5.74) is 2.63. The molecule has 0 amide bonds. The van der Waals surface area contributed by atoms with Gasteiger partial charge >= 0.3 is 0 Å². The Hall–Kier alpha value is -2.81. The molecule has 1 fully saturated rings. The lowest BCUT2D eigenvalue weighted by atomic mass is 10.3. The summed E-state index contributed by atoms with van der Waals surface area (Å²) in [7, 11) is 1.64. The molecule has 164 valence electrons. The topological polar surface area (TPSA) is 73.7 Å². The minimum absolute atomic E-state index is 0.531. The van der Waals surface area contributed by atoms with Crippen LogP contribution in [0, 0.1) is 0 Å². The molecule has 1 aromatic heterocycles. The van der Waals surface area contributed by atoms with Crippen LogP contribution in [0.3, 0.4) is 0 Å². The first-order valence-corrected chi connectivity index (χ1v) is 10.6. The second-order valence-corrected chi connectivity index (χ2v) is 7.56. The van der Waals surface area contributed by atoms with Crippen LogP contribution in [-0.2, 0) is 11.3 Å². The number of rotatable bonds is 9. The fourth-order valence-electron chi connectivity index (χ4n) is 3.27. The van der Waals surface area contributed by atoms with Gasteiger partial charge in [-0.2, -0.15) is 0 Å². The van der Waals surface area contributed by atoms with Crippen LogP contribution in [0.1, 0.15) is 5.69 Å². The average molecular weight is 444 g/mol. The smallest absolute Gasteiger partial charge is 0.138 e. The van der Waals surface area contributed by atoms with Gasteiger partial charge in [0.25, 0.3) is 0 Å². The Bertz CT molecular complexity index is 974. The molecule has 0 atom stereocenters. The Morgan fingerprint density at radius 2 is 1.94 bits per heavy atom. The normalized spacial score (nSPS) is 14.4. The monoisotopic (exact) mass is 443 g/mol. The number of hydrogen-bond donors (Lipinski definition) is 1. The van der Waals surface area contributed by atoms with Crippen LogP contribution < -0.4 is 14.8 Å². The molecule has 0 spiro atoms. The van der Waals surface area contributed by atoms with E-state index >= 15 is 0 Å². The van der Waals surface area contributed by atoms with E-state index in [2.05, 4.69) is 20.5 Å². The molecule has 3 aromatic rings. The summed E-state index contributed by atoms with van der Waals surface area (Å²) in [6.45, 7) is 5.46. The number of anilines is 1. The van der Waals surface area contributed by atoms with Gasteiger partial charge in [0, 0.05) is 25.3 Å². The van der Waals surface area contributed by atoms with Crippen LogP contribution >= 0.6 is 11.6 Å². The molecule has 1 N–H and O–H groups in total. The van der Waals surface area contributed by atoms with E-state index in [9.17, 15) is 0 Å². The standard InChI is InChI=1S/C22H26ClN5O3/c1-29-20-5-3-19(4-6-20)28-16-18(25-26-28)15-24-17-2-7-22(21(23)14-17)31-13-10-27-8-11-30-12-9-27/h2-7,14,16,24H,8-13,15H2,1H3. The van der Waals surface area contributed by atoms with E-state index in [0.717, 1.165) is 55.7 Å². The molecule has 0 radical (unpaired) electrons. The Morgan fingerprint density at radius 1 is 1.13 bits per heavy atom. The predicted molar refractivity (Wildman–Crippen MR) is 119 cm³/mol. The summed E-state index contributed by atoms with van der Waals surface area (Å²) in [5, 5.41) is 12.3. The SMILES string of the molecule is COc1ccc(-n2cc(CNc3ccc(OCCN4CCOCC4)c(Cl)c3)nn2)cc1. The maximum absolute atomic E-state index is 6.40. The van der Waals surface area contributed by atoms with Gasteiger partial charge in [-0.1, -0.05) is 16.8 Å². The molecule has 0 bridgehead atoms. The number of aromatic nitrogens is 3. The molecule has 31 heavy (non-hydrogen) atoms. The number of nitrogens with zero attached hydrogens (tertiary/aromatic N) is 4. The fraction of sp³-hybridized carbons (Fsp3) is 0.364. The van der Waals surface area contributed by atoms with E-state index in [1.165, 1.54) is 0 Å². The first kappa shape index (κ1) is 21.4. The van der Waals surface area contributed by atoms with Crippen LogP contribution in [0.25, 0.3) is 5.69 Å². The molecule has 0 aliphatic carbocycles. The molecule has 1 saturated heterocycles. The van der Waals surface area contributed by atoms with Crippen molar-refractivity contribution < 1.29 is 14.2 Å². The molecule has 2 aromatic carbocycles. The third kappa shape index (κ3) is 5.88. The van der Waals surface area contributed by atoms with Gasteiger partial charge in [-0.05, 0) is 42.5 Å². The average Bonchev–Trinajstić information content (AvgIpc) is 3.29. The second-order valence-electron chi connectivity index (χ2n) is 7.15. The second kappa shape index (κ2) is 10.5. The van der Waals surface area contributed by atoms with E-state index in [4.69, 9.17) is 25.8 Å². The van der Waals surface area contributed by atoms with Crippen LogP contribution in [-0.4, -0.2) is 66.5 Å². The highest BCUT2D eigenvalue weighted by molar-refractivity contribution is 6.32. The van der Waals surface area contributed by atoms with Gasteiger partial charge in [0.05, 0.1) is 43.8 Å². The summed E-state index contributed by atoms with van der Waals surface area (Å²) in [6.07, 6.45) is 1.89. The van der Waals surface area contributed by atoms with Crippen molar-refractivity contribution in [2.45, 2.75) is 6.54 Å². The lowest BCUT2D eigenvalue weighted by molar-refractivity contribution is 0.0322. The van der Waals surface area contributed by atoms with Crippen molar-refractivity contribution in [1.29, 1.82) is 0 Å². The van der Waals surface area contributed by atoms with E-state index < -0.39 is 0 Å². The van der Waals surface area contributed by atoms with Crippen molar-refractivity contribution in [3.63, 3.8) is 0 Å². The van der Waals surface area contributed by atoms with Gasteiger partial charge in [-0.25, -0.2) is 4.68 Å². The highest BCUT2D eigenvalue weighted by atomic mass is 35.5. The zero-order chi connectivity index (χ0) is 21.5. The highest BCUT2D eigenvalue weighted by Gasteiger charge is 2.11. The quantitative estimate of drug-likeness (QED) is 0.544. The first-order valence-electron chi connectivity index (χ1n) is 10.2. The van der Waals surface area contributed by atoms with Gasteiger partial charge in [-0.3, -0.25) is 4.90 Å². The summed E-state index contributed by atoms with van der Waals surface area (Å²) >= 11 is 6.40. The Labute approximate surface area is 186 Å². The predicted octanol–water partition coefficient (Wildman–Crippen LogP) is 3.25. The lowest BCUT2D eigenvalue weighted by Gasteiger charge is -2.26. The summed E-state index contributed by atoms with van der Waals surface area (Å²) in [6, 6.07) is 13.3. The molecular formula is C22H26ClN5O3. The van der Waals surface area contributed by atoms with Crippen molar-refractivity contribution in [2.24, 2.45) is 0 Å². The number of benzene rings is 2. The van der Waals surface area contributed by atoms with Crippen molar-refractivity contribution in [3.05, 3.63) is 59.4 Å². The van der Waals surface area contributed by atoms with Crippen LogP contribution in [0.4, 0.5) is 5.69 Å². The van der Waals surface area contributed by atoms with Crippen LogP contribution in [0.15, 0.2) is 48.7 Å². The van der Waals surface area contributed by atoms with E-state index in [-0.39, 0.29) is 0 Å². The fourth-order valence-corrected chi connectivity index (χ4v) is 3.51. The Balaban J connectivity index is 1.27. The van der Waals surface area contributed by atoms with Crippen molar-refractivity contribution in [2.75, 3.05) is 51.9 Å². The third-order valence-corrected chi connectivity index (χ3v) is 5.35. The van der Waals surface area contributed by atoms with Gasteiger partial charge in [0.2, 0.25) is 0 Å². The number of hydrogen-bond acceptors (Lipinski definition) is 7. The molecule has 4 rings (SSSR count). The number of ether oxygens (including phenoxy) is 3.